The largest absolute Gasteiger partial charge is 0.380 e. The zero-order valence-corrected chi connectivity index (χ0v) is 7.72. The van der Waals surface area contributed by atoms with Crippen LogP contribution in [0.5, 0.6) is 0 Å². The lowest BCUT2D eigenvalue weighted by molar-refractivity contribution is -0.136. The summed E-state index contributed by atoms with van der Waals surface area (Å²) in [6.45, 7) is 2.93. The topological polar surface area (TPSA) is 35.2 Å². The highest BCUT2D eigenvalue weighted by Crippen LogP contribution is 2.44. The third-order valence-corrected chi connectivity index (χ3v) is 3.56. The van der Waals surface area contributed by atoms with Crippen LogP contribution in [0.2, 0.25) is 0 Å². The monoisotopic (exact) mass is 169 g/mol. The number of hydrogen-bond acceptors (Lipinski definition) is 2. The van der Waals surface area contributed by atoms with Gasteiger partial charge in [-0.15, -0.1) is 0 Å². The summed E-state index contributed by atoms with van der Waals surface area (Å²) in [5.41, 5.74) is 6.16. The Kier molecular flexibility index (Phi) is 2.37. The molecule has 0 aromatic rings. The fourth-order valence-corrected chi connectivity index (χ4v) is 2.49. The average molecular weight is 169 g/mol. The Balaban J connectivity index is 1.77. The minimum Gasteiger partial charge on any atom is -0.380 e. The van der Waals surface area contributed by atoms with Crippen LogP contribution in [0.3, 0.4) is 0 Å². The molecule has 2 fully saturated rings. The minimum atomic E-state index is 0.616. The second kappa shape index (κ2) is 3.35. The molecule has 0 atom stereocenters. The van der Waals surface area contributed by atoms with Gasteiger partial charge in [0.1, 0.15) is 0 Å². The second-order valence-electron chi connectivity index (χ2n) is 4.51. The molecule has 0 aromatic heterocycles. The Morgan fingerprint density at radius 3 is 2.33 bits per heavy atom. The maximum atomic E-state index is 5.55. The van der Waals surface area contributed by atoms with Crippen LogP contribution in [0.4, 0.5) is 0 Å². The predicted molar refractivity (Wildman–Crippen MR) is 48.9 cm³/mol. The van der Waals surface area contributed by atoms with Crippen molar-refractivity contribution in [3.63, 3.8) is 0 Å². The maximum absolute atomic E-state index is 5.55. The second-order valence-corrected chi connectivity index (χ2v) is 4.51. The Labute approximate surface area is 74.5 Å². The highest BCUT2D eigenvalue weighted by molar-refractivity contribution is 4.90. The number of rotatable bonds is 2. The van der Waals surface area contributed by atoms with Gasteiger partial charge in [0.15, 0.2) is 0 Å². The third kappa shape index (κ3) is 1.50. The van der Waals surface area contributed by atoms with Gasteiger partial charge in [-0.25, -0.2) is 0 Å². The van der Waals surface area contributed by atoms with E-state index in [1.54, 1.807) is 0 Å². The molecule has 1 aliphatic heterocycles. The standard InChI is InChI=1S/C10H19NO/c11-6-3-9-1-4-10(5-2-9)7-12-8-10/h9H,1-8,11H2. The van der Waals surface area contributed by atoms with E-state index in [1.807, 2.05) is 0 Å². The highest BCUT2D eigenvalue weighted by atomic mass is 16.5. The van der Waals surface area contributed by atoms with E-state index >= 15 is 0 Å². The zero-order valence-electron chi connectivity index (χ0n) is 7.72. The van der Waals surface area contributed by atoms with Gasteiger partial charge in [-0.05, 0) is 44.6 Å². The van der Waals surface area contributed by atoms with E-state index in [0.717, 1.165) is 25.7 Å². The Bertz CT molecular complexity index is 144. The molecule has 2 rings (SSSR count). The summed E-state index contributed by atoms with van der Waals surface area (Å²) in [6.07, 6.45) is 6.79. The van der Waals surface area contributed by atoms with Crippen LogP contribution >= 0.6 is 0 Å². The highest BCUT2D eigenvalue weighted by Gasteiger charge is 2.41. The smallest absolute Gasteiger partial charge is 0.0544 e. The van der Waals surface area contributed by atoms with Gasteiger partial charge in [-0.3, -0.25) is 0 Å². The molecule has 2 aliphatic rings. The van der Waals surface area contributed by atoms with E-state index < -0.39 is 0 Å². The van der Waals surface area contributed by atoms with Crippen molar-refractivity contribution in [1.82, 2.24) is 0 Å². The molecule has 1 saturated heterocycles. The van der Waals surface area contributed by atoms with Crippen LogP contribution in [-0.2, 0) is 4.74 Å². The molecule has 0 unspecified atom stereocenters. The third-order valence-electron chi connectivity index (χ3n) is 3.56. The van der Waals surface area contributed by atoms with Gasteiger partial charge in [0.05, 0.1) is 13.2 Å². The van der Waals surface area contributed by atoms with Crippen molar-refractivity contribution in [3.05, 3.63) is 0 Å². The van der Waals surface area contributed by atoms with Gasteiger partial charge in [-0.1, -0.05) is 0 Å². The Morgan fingerprint density at radius 1 is 1.25 bits per heavy atom. The predicted octanol–water partition coefficient (Wildman–Crippen LogP) is 1.54. The lowest BCUT2D eigenvalue weighted by Gasteiger charge is -2.46. The fourth-order valence-electron chi connectivity index (χ4n) is 2.49. The first-order chi connectivity index (χ1) is 5.85. The summed E-state index contributed by atoms with van der Waals surface area (Å²) in [5, 5.41) is 0. The van der Waals surface area contributed by atoms with E-state index in [4.69, 9.17) is 10.5 Å². The fraction of sp³-hybridized carbons (Fsp3) is 1.00. The SMILES string of the molecule is NCCC1CCC2(CC1)COC2. The van der Waals surface area contributed by atoms with Crippen LogP contribution in [-0.4, -0.2) is 19.8 Å². The zero-order chi connectivity index (χ0) is 8.44. The van der Waals surface area contributed by atoms with Gasteiger partial charge in [-0.2, -0.15) is 0 Å². The molecule has 70 valence electrons. The Hall–Kier alpha value is -0.0800. The first kappa shape index (κ1) is 8.52. The molecule has 2 heteroatoms. The van der Waals surface area contributed by atoms with Crippen molar-refractivity contribution < 1.29 is 4.74 Å². The molecule has 0 amide bonds. The normalized spacial score (nSPS) is 28.8. The number of ether oxygens (including phenoxy) is 1. The van der Waals surface area contributed by atoms with Crippen molar-refractivity contribution in [3.8, 4) is 0 Å². The molecule has 1 heterocycles. The molecule has 12 heavy (non-hydrogen) atoms. The van der Waals surface area contributed by atoms with Gasteiger partial charge in [0.2, 0.25) is 0 Å². The molecule has 1 aliphatic carbocycles. The van der Waals surface area contributed by atoms with Crippen LogP contribution in [0, 0.1) is 11.3 Å². The molecule has 1 spiro atoms. The molecule has 0 bridgehead atoms. The van der Waals surface area contributed by atoms with Crippen LogP contribution in [0.15, 0.2) is 0 Å². The lowest BCUT2D eigenvalue weighted by Crippen LogP contribution is -2.45. The summed E-state index contributed by atoms with van der Waals surface area (Å²) in [6, 6.07) is 0. The van der Waals surface area contributed by atoms with Gasteiger partial charge in [0.25, 0.3) is 0 Å². The quantitative estimate of drug-likeness (QED) is 0.680. The van der Waals surface area contributed by atoms with Crippen molar-refractivity contribution in [2.75, 3.05) is 19.8 Å². The molecule has 2 N–H and O–H groups in total. The van der Waals surface area contributed by atoms with Crippen molar-refractivity contribution in [2.45, 2.75) is 32.1 Å². The van der Waals surface area contributed by atoms with Crippen LogP contribution in [0.1, 0.15) is 32.1 Å². The van der Waals surface area contributed by atoms with Crippen LogP contribution < -0.4 is 5.73 Å². The number of nitrogens with two attached hydrogens (primary N) is 1. The van der Waals surface area contributed by atoms with Gasteiger partial charge >= 0.3 is 0 Å². The van der Waals surface area contributed by atoms with E-state index in [9.17, 15) is 0 Å². The molecule has 2 nitrogen and oxygen atoms in total. The minimum absolute atomic E-state index is 0.616. The van der Waals surface area contributed by atoms with Crippen molar-refractivity contribution in [1.29, 1.82) is 0 Å². The first-order valence-corrected chi connectivity index (χ1v) is 5.12. The van der Waals surface area contributed by atoms with E-state index in [-0.39, 0.29) is 0 Å². The van der Waals surface area contributed by atoms with Crippen LogP contribution in [0.25, 0.3) is 0 Å². The Morgan fingerprint density at radius 2 is 1.92 bits per heavy atom. The molecule has 1 saturated carbocycles. The molecular formula is C10H19NO. The van der Waals surface area contributed by atoms with E-state index in [0.29, 0.717) is 5.41 Å². The van der Waals surface area contributed by atoms with Crippen molar-refractivity contribution in [2.24, 2.45) is 17.1 Å². The average Bonchev–Trinajstić information content (AvgIpc) is 2.04. The van der Waals surface area contributed by atoms with E-state index in [1.165, 1.54) is 32.1 Å². The lowest BCUT2D eigenvalue weighted by atomic mass is 9.68. The molecule has 0 radical (unpaired) electrons. The van der Waals surface area contributed by atoms with E-state index in [2.05, 4.69) is 0 Å². The molecular weight excluding hydrogens is 150 g/mol. The van der Waals surface area contributed by atoms with Gasteiger partial charge in [0, 0.05) is 5.41 Å². The number of hydrogen-bond donors (Lipinski definition) is 1. The summed E-state index contributed by atoms with van der Waals surface area (Å²) in [4.78, 5) is 0. The summed E-state index contributed by atoms with van der Waals surface area (Å²) in [5.74, 6) is 0.918. The maximum Gasteiger partial charge on any atom is 0.0544 e. The first-order valence-electron chi connectivity index (χ1n) is 5.12. The summed E-state index contributed by atoms with van der Waals surface area (Å²) >= 11 is 0. The summed E-state index contributed by atoms with van der Waals surface area (Å²) < 4.78 is 5.29. The molecule has 0 aromatic carbocycles. The van der Waals surface area contributed by atoms with Crippen molar-refractivity contribution >= 4 is 0 Å². The summed E-state index contributed by atoms with van der Waals surface area (Å²) in [7, 11) is 0. The van der Waals surface area contributed by atoms with Gasteiger partial charge < -0.3 is 10.5 Å².